The molecule has 3 rings (SSSR count). The molecule has 1 aliphatic carbocycles. The molecule has 0 aromatic heterocycles. The highest BCUT2D eigenvalue weighted by molar-refractivity contribution is 5.76. The molecule has 2 aliphatic heterocycles. The van der Waals surface area contributed by atoms with Crippen LogP contribution in [0, 0.1) is 5.41 Å². The molecule has 0 bridgehead atoms. The summed E-state index contributed by atoms with van der Waals surface area (Å²) in [6.07, 6.45) is 9.62. The van der Waals surface area contributed by atoms with Gasteiger partial charge >= 0.3 is 0 Å². The maximum Gasteiger partial charge on any atom is 0.222 e. The van der Waals surface area contributed by atoms with Gasteiger partial charge in [-0.05, 0) is 51.5 Å². The maximum absolute atomic E-state index is 12.0. The normalized spacial score (nSPS) is 34.5. The third-order valence-electron chi connectivity index (χ3n) is 6.29. The van der Waals surface area contributed by atoms with Gasteiger partial charge in [-0.1, -0.05) is 13.3 Å². The van der Waals surface area contributed by atoms with Crippen molar-refractivity contribution < 1.29 is 9.90 Å². The van der Waals surface area contributed by atoms with E-state index in [1.807, 2.05) is 0 Å². The number of rotatable bonds is 3. The summed E-state index contributed by atoms with van der Waals surface area (Å²) < 4.78 is 0. The monoisotopic (exact) mass is 308 g/mol. The fourth-order valence-electron chi connectivity index (χ4n) is 4.96. The summed E-state index contributed by atoms with van der Waals surface area (Å²) in [5.41, 5.74) is 0.188. The van der Waals surface area contributed by atoms with E-state index < -0.39 is 0 Å². The molecule has 3 aliphatic rings. The van der Waals surface area contributed by atoms with E-state index in [1.54, 1.807) is 0 Å². The fourth-order valence-corrected chi connectivity index (χ4v) is 4.96. The lowest BCUT2D eigenvalue weighted by Crippen LogP contribution is -2.54. The summed E-state index contributed by atoms with van der Waals surface area (Å²) >= 11 is 0. The molecule has 126 valence electrons. The number of amides is 1. The molecule has 1 saturated carbocycles. The van der Waals surface area contributed by atoms with Crippen molar-refractivity contribution >= 4 is 5.91 Å². The molecule has 4 nitrogen and oxygen atoms in total. The lowest BCUT2D eigenvalue weighted by Gasteiger charge is -2.47. The molecule has 1 spiro atoms. The second-order valence-electron chi connectivity index (χ2n) is 7.71. The topological polar surface area (TPSA) is 43.8 Å². The zero-order chi connectivity index (χ0) is 15.6. The third-order valence-corrected chi connectivity index (χ3v) is 6.29. The lowest BCUT2D eigenvalue weighted by molar-refractivity contribution is -0.133. The Labute approximate surface area is 134 Å². The summed E-state index contributed by atoms with van der Waals surface area (Å²) in [4.78, 5) is 16.7. The summed E-state index contributed by atoms with van der Waals surface area (Å²) in [6.45, 7) is 6.19. The molecule has 4 heteroatoms. The molecule has 1 amide bonds. The van der Waals surface area contributed by atoms with Gasteiger partial charge in [0, 0.05) is 37.5 Å². The van der Waals surface area contributed by atoms with Gasteiger partial charge in [-0.15, -0.1) is 0 Å². The summed E-state index contributed by atoms with van der Waals surface area (Å²) in [7, 11) is 0. The van der Waals surface area contributed by atoms with Gasteiger partial charge in [-0.3, -0.25) is 9.69 Å². The Hall–Kier alpha value is -0.610. The zero-order valence-corrected chi connectivity index (χ0v) is 14.1. The first-order valence-corrected chi connectivity index (χ1v) is 9.34. The van der Waals surface area contributed by atoms with Crippen LogP contribution in [0.25, 0.3) is 0 Å². The standard InChI is InChI=1S/C18H32N2O2/c1-2-5-17(22)19-12-7-15(8-13-19)20-11-4-10-18(14-20)9-3-6-16(18)21/h15-16,21H,2-14H2,1H3/t16-,18+/m1/s1. The second kappa shape index (κ2) is 6.88. The molecule has 0 radical (unpaired) electrons. The van der Waals surface area contributed by atoms with Gasteiger partial charge < -0.3 is 10.0 Å². The zero-order valence-electron chi connectivity index (χ0n) is 14.1. The van der Waals surface area contributed by atoms with Crippen molar-refractivity contribution in [2.45, 2.75) is 76.9 Å². The van der Waals surface area contributed by atoms with E-state index in [-0.39, 0.29) is 11.5 Å². The fraction of sp³-hybridized carbons (Fsp3) is 0.944. The highest BCUT2D eigenvalue weighted by atomic mass is 16.3. The number of carbonyl (C=O) groups excluding carboxylic acids is 1. The average molecular weight is 308 g/mol. The van der Waals surface area contributed by atoms with E-state index in [9.17, 15) is 9.90 Å². The van der Waals surface area contributed by atoms with Crippen LogP contribution in [0.15, 0.2) is 0 Å². The smallest absolute Gasteiger partial charge is 0.222 e. The second-order valence-corrected chi connectivity index (χ2v) is 7.71. The minimum absolute atomic E-state index is 0.0819. The van der Waals surface area contributed by atoms with Gasteiger partial charge in [0.15, 0.2) is 0 Å². The summed E-state index contributed by atoms with van der Waals surface area (Å²) in [5, 5.41) is 10.4. The lowest BCUT2D eigenvalue weighted by atomic mass is 9.76. The Morgan fingerprint density at radius 2 is 1.86 bits per heavy atom. The number of hydrogen-bond donors (Lipinski definition) is 1. The van der Waals surface area contributed by atoms with Crippen LogP contribution in [-0.4, -0.2) is 59.1 Å². The van der Waals surface area contributed by atoms with Gasteiger partial charge in [-0.2, -0.15) is 0 Å². The van der Waals surface area contributed by atoms with E-state index in [0.29, 0.717) is 18.4 Å². The van der Waals surface area contributed by atoms with Crippen molar-refractivity contribution in [1.29, 1.82) is 0 Å². The van der Waals surface area contributed by atoms with Crippen molar-refractivity contribution in [2.24, 2.45) is 5.41 Å². The molecular formula is C18H32N2O2. The van der Waals surface area contributed by atoms with Crippen molar-refractivity contribution in [3.63, 3.8) is 0 Å². The molecular weight excluding hydrogens is 276 g/mol. The number of nitrogens with zero attached hydrogens (tertiary/aromatic N) is 2. The molecule has 0 aromatic rings. The number of hydrogen-bond acceptors (Lipinski definition) is 3. The quantitative estimate of drug-likeness (QED) is 0.871. The number of piperidine rings is 2. The molecule has 0 aromatic carbocycles. The Morgan fingerprint density at radius 3 is 2.50 bits per heavy atom. The third kappa shape index (κ3) is 3.18. The van der Waals surface area contributed by atoms with Crippen LogP contribution in [0.2, 0.25) is 0 Å². The first kappa shape index (κ1) is 16.3. The van der Waals surface area contributed by atoms with E-state index in [2.05, 4.69) is 16.7 Å². The van der Waals surface area contributed by atoms with Gasteiger partial charge in [0.05, 0.1) is 6.10 Å². The van der Waals surface area contributed by atoms with Gasteiger partial charge in [0.25, 0.3) is 0 Å². The van der Waals surface area contributed by atoms with E-state index in [1.165, 1.54) is 32.2 Å². The Bertz CT molecular complexity index is 393. The first-order chi connectivity index (χ1) is 10.6. The Balaban J connectivity index is 1.54. The van der Waals surface area contributed by atoms with Gasteiger partial charge in [-0.25, -0.2) is 0 Å². The van der Waals surface area contributed by atoms with Crippen LogP contribution >= 0.6 is 0 Å². The predicted octanol–water partition coefficient (Wildman–Crippen LogP) is 2.40. The highest BCUT2D eigenvalue weighted by Crippen LogP contribution is 2.45. The molecule has 2 saturated heterocycles. The van der Waals surface area contributed by atoms with Crippen molar-refractivity contribution in [3.8, 4) is 0 Å². The van der Waals surface area contributed by atoms with Gasteiger partial charge in [0.1, 0.15) is 0 Å². The number of aliphatic hydroxyl groups excluding tert-OH is 1. The molecule has 2 atom stereocenters. The number of aliphatic hydroxyl groups is 1. The summed E-state index contributed by atoms with van der Waals surface area (Å²) in [5.74, 6) is 0.335. The largest absolute Gasteiger partial charge is 0.393 e. The number of carbonyl (C=O) groups is 1. The predicted molar refractivity (Wildman–Crippen MR) is 87.6 cm³/mol. The first-order valence-electron chi connectivity index (χ1n) is 9.34. The van der Waals surface area contributed by atoms with Crippen LogP contribution in [0.3, 0.4) is 0 Å². The van der Waals surface area contributed by atoms with E-state index in [0.717, 1.165) is 45.3 Å². The van der Waals surface area contributed by atoms with E-state index >= 15 is 0 Å². The molecule has 3 fully saturated rings. The van der Waals surface area contributed by atoms with Crippen molar-refractivity contribution in [2.75, 3.05) is 26.2 Å². The minimum Gasteiger partial charge on any atom is -0.393 e. The maximum atomic E-state index is 12.0. The molecule has 2 heterocycles. The van der Waals surface area contributed by atoms with Crippen molar-refractivity contribution in [3.05, 3.63) is 0 Å². The SMILES string of the molecule is CCCC(=O)N1CCC(N2CCC[C@@]3(CCC[C@H]3O)C2)CC1. The minimum atomic E-state index is -0.0819. The summed E-state index contributed by atoms with van der Waals surface area (Å²) in [6, 6.07) is 0.621. The van der Waals surface area contributed by atoms with Crippen LogP contribution in [0.1, 0.15) is 64.7 Å². The van der Waals surface area contributed by atoms with Gasteiger partial charge in [0.2, 0.25) is 5.91 Å². The van der Waals surface area contributed by atoms with Crippen LogP contribution in [0.5, 0.6) is 0 Å². The molecule has 0 unspecified atom stereocenters. The number of likely N-dealkylation sites (tertiary alicyclic amines) is 2. The van der Waals surface area contributed by atoms with Crippen LogP contribution in [0.4, 0.5) is 0 Å². The van der Waals surface area contributed by atoms with Crippen molar-refractivity contribution in [1.82, 2.24) is 9.80 Å². The Kier molecular flexibility index (Phi) is 5.08. The average Bonchev–Trinajstić information content (AvgIpc) is 2.88. The highest BCUT2D eigenvalue weighted by Gasteiger charge is 2.45. The van der Waals surface area contributed by atoms with E-state index in [4.69, 9.17) is 0 Å². The van der Waals surface area contributed by atoms with Crippen LogP contribution in [-0.2, 0) is 4.79 Å². The van der Waals surface area contributed by atoms with Crippen LogP contribution < -0.4 is 0 Å². The Morgan fingerprint density at radius 1 is 1.14 bits per heavy atom. The molecule has 22 heavy (non-hydrogen) atoms. The molecule has 1 N–H and O–H groups in total.